The molecule has 1 unspecified atom stereocenters. The van der Waals surface area contributed by atoms with Gasteiger partial charge in [0, 0.05) is 13.1 Å². The molecule has 1 aromatic heterocycles. The number of morpholine rings is 1. The van der Waals surface area contributed by atoms with Crippen LogP contribution in [0.4, 0.5) is 0 Å². The maximum Gasteiger partial charge on any atom is 0.312 e. The zero-order valence-electron chi connectivity index (χ0n) is 14.2. The average molecular weight is 362 g/mol. The average Bonchev–Trinajstić information content (AvgIpc) is 3.09. The molecule has 0 aliphatic carbocycles. The topological polar surface area (TPSA) is 87.3 Å². The van der Waals surface area contributed by atoms with Crippen molar-refractivity contribution in [2.45, 2.75) is 12.5 Å². The van der Waals surface area contributed by atoms with Crippen LogP contribution in [0, 0.1) is 0 Å². The highest BCUT2D eigenvalue weighted by molar-refractivity contribution is 7.98. The first kappa shape index (κ1) is 17.8. The van der Waals surface area contributed by atoms with Crippen LogP contribution in [0.1, 0.15) is 18.3 Å². The predicted octanol–water partition coefficient (Wildman–Crippen LogP) is 1.33. The van der Waals surface area contributed by atoms with Gasteiger partial charge in [0.1, 0.15) is 5.82 Å². The Morgan fingerprint density at radius 1 is 1.36 bits per heavy atom. The van der Waals surface area contributed by atoms with Crippen molar-refractivity contribution in [1.82, 2.24) is 20.2 Å². The molecule has 1 atom stereocenters. The highest BCUT2D eigenvalue weighted by Crippen LogP contribution is 2.20. The van der Waals surface area contributed by atoms with E-state index in [9.17, 15) is 9.59 Å². The highest BCUT2D eigenvalue weighted by Gasteiger charge is 2.27. The van der Waals surface area contributed by atoms with Gasteiger partial charge in [-0.25, -0.2) is 4.98 Å². The number of H-pyrrole nitrogens is 1. The van der Waals surface area contributed by atoms with Crippen molar-refractivity contribution >= 4 is 34.6 Å². The Morgan fingerprint density at radius 2 is 2.12 bits per heavy atom. The van der Waals surface area contributed by atoms with Crippen LogP contribution >= 0.6 is 11.8 Å². The van der Waals surface area contributed by atoms with Gasteiger partial charge in [-0.1, -0.05) is 12.1 Å². The third-order valence-corrected chi connectivity index (χ3v) is 4.79. The molecule has 2 heterocycles. The molecule has 0 bridgehead atoms. The van der Waals surface area contributed by atoms with E-state index in [-0.39, 0.29) is 6.04 Å². The number of benzene rings is 1. The van der Waals surface area contributed by atoms with Crippen LogP contribution in [0.2, 0.25) is 0 Å². The van der Waals surface area contributed by atoms with Crippen molar-refractivity contribution in [2.75, 3.05) is 38.3 Å². The summed E-state index contributed by atoms with van der Waals surface area (Å²) in [5, 5.41) is 2.85. The maximum atomic E-state index is 12.4. The van der Waals surface area contributed by atoms with E-state index >= 15 is 0 Å². The Bertz CT molecular complexity index is 709. The Hall–Kier alpha value is -2.06. The minimum atomic E-state index is -0.589. The van der Waals surface area contributed by atoms with Gasteiger partial charge in [0.2, 0.25) is 0 Å². The fourth-order valence-electron chi connectivity index (χ4n) is 2.78. The molecule has 0 saturated carbocycles. The minimum Gasteiger partial charge on any atom is -0.378 e. The number of carbonyl (C=O) groups is 2. The van der Waals surface area contributed by atoms with E-state index in [0.717, 1.165) is 16.8 Å². The van der Waals surface area contributed by atoms with E-state index in [1.54, 1.807) is 11.8 Å². The van der Waals surface area contributed by atoms with Crippen molar-refractivity contribution < 1.29 is 14.3 Å². The zero-order valence-corrected chi connectivity index (χ0v) is 15.0. The molecule has 134 valence electrons. The number of amides is 2. The van der Waals surface area contributed by atoms with Gasteiger partial charge in [0.25, 0.3) is 0 Å². The number of rotatable bonds is 5. The molecule has 8 heteroatoms. The van der Waals surface area contributed by atoms with Crippen LogP contribution in [-0.4, -0.2) is 65.0 Å². The molecule has 2 aromatic rings. The van der Waals surface area contributed by atoms with Crippen molar-refractivity contribution in [1.29, 1.82) is 0 Å². The summed E-state index contributed by atoms with van der Waals surface area (Å²) in [5.41, 5.74) is 1.76. The molecule has 2 amide bonds. The number of aromatic amines is 1. The molecular weight excluding hydrogens is 340 g/mol. The quantitative estimate of drug-likeness (QED) is 0.784. The molecule has 1 saturated heterocycles. The molecule has 3 rings (SSSR count). The summed E-state index contributed by atoms with van der Waals surface area (Å²) in [5.74, 6) is 0.439. The second-order valence-electron chi connectivity index (χ2n) is 5.85. The van der Waals surface area contributed by atoms with Gasteiger partial charge < -0.3 is 19.9 Å². The fourth-order valence-corrected chi connectivity index (χ4v) is 3.25. The lowest BCUT2D eigenvalue weighted by molar-refractivity contribution is -0.148. The van der Waals surface area contributed by atoms with Gasteiger partial charge in [0.15, 0.2) is 0 Å². The largest absolute Gasteiger partial charge is 0.378 e. The lowest BCUT2D eigenvalue weighted by atomic mass is 10.2. The number of ether oxygens (including phenoxy) is 1. The van der Waals surface area contributed by atoms with Gasteiger partial charge in [-0.3, -0.25) is 9.59 Å². The van der Waals surface area contributed by atoms with Gasteiger partial charge in [-0.2, -0.15) is 11.8 Å². The monoisotopic (exact) mass is 362 g/mol. The van der Waals surface area contributed by atoms with E-state index in [0.29, 0.717) is 38.5 Å². The second-order valence-corrected chi connectivity index (χ2v) is 6.84. The van der Waals surface area contributed by atoms with Gasteiger partial charge in [0.05, 0.1) is 30.3 Å². The summed E-state index contributed by atoms with van der Waals surface area (Å²) in [6.07, 6.45) is 2.71. The summed E-state index contributed by atoms with van der Waals surface area (Å²) in [4.78, 5) is 34.1. The Kier molecular flexibility index (Phi) is 5.93. The number of fused-ring (bicyclic) bond motifs is 1. The van der Waals surface area contributed by atoms with E-state index in [4.69, 9.17) is 4.74 Å². The molecule has 0 spiro atoms. The number of hydrogen-bond acceptors (Lipinski definition) is 5. The summed E-state index contributed by atoms with van der Waals surface area (Å²) in [7, 11) is 0. The first-order chi connectivity index (χ1) is 12.2. The van der Waals surface area contributed by atoms with E-state index < -0.39 is 11.8 Å². The highest BCUT2D eigenvalue weighted by atomic mass is 32.2. The van der Waals surface area contributed by atoms with Crippen molar-refractivity contribution in [3.8, 4) is 0 Å². The first-order valence-corrected chi connectivity index (χ1v) is 9.69. The van der Waals surface area contributed by atoms with E-state index in [1.807, 2.05) is 30.5 Å². The molecule has 7 nitrogen and oxygen atoms in total. The number of hydrogen-bond donors (Lipinski definition) is 2. The smallest absolute Gasteiger partial charge is 0.312 e. The van der Waals surface area contributed by atoms with Crippen LogP contribution in [0.5, 0.6) is 0 Å². The first-order valence-electron chi connectivity index (χ1n) is 8.30. The third-order valence-electron chi connectivity index (χ3n) is 4.15. The molecule has 1 aliphatic heterocycles. The molecule has 1 fully saturated rings. The van der Waals surface area contributed by atoms with Gasteiger partial charge in [-0.05, 0) is 30.6 Å². The number of para-hydroxylation sites is 2. The number of imidazole rings is 1. The van der Waals surface area contributed by atoms with Crippen LogP contribution < -0.4 is 5.32 Å². The molecule has 2 N–H and O–H groups in total. The van der Waals surface area contributed by atoms with E-state index in [1.165, 1.54) is 4.90 Å². The number of carbonyl (C=O) groups excluding carboxylic acids is 2. The summed E-state index contributed by atoms with van der Waals surface area (Å²) < 4.78 is 5.22. The van der Waals surface area contributed by atoms with Gasteiger partial charge >= 0.3 is 11.8 Å². The summed E-state index contributed by atoms with van der Waals surface area (Å²) in [6, 6.07) is 7.39. The number of aromatic nitrogens is 2. The number of nitrogens with one attached hydrogen (secondary N) is 2. The van der Waals surface area contributed by atoms with E-state index in [2.05, 4.69) is 15.3 Å². The number of thioether (sulfide) groups is 1. The minimum absolute atomic E-state index is 0.322. The molecule has 1 aliphatic rings. The Labute approximate surface area is 150 Å². The van der Waals surface area contributed by atoms with Crippen LogP contribution in [0.15, 0.2) is 24.3 Å². The number of nitrogens with zero attached hydrogens (tertiary/aromatic N) is 2. The maximum absolute atomic E-state index is 12.4. The standard InChI is InChI=1S/C17H22N4O3S/c1-25-11-6-14(15-18-12-4-2-3-5-13(12)19-15)20-16(22)17(23)21-7-9-24-10-8-21/h2-5,14H,6-11H2,1H3,(H,18,19)(H,20,22). The van der Waals surface area contributed by atoms with Crippen LogP contribution in [0.3, 0.4) is 0 Å². The normalized spacial score (nSPS) is 16.0. The Morgan fingerprint density at radius 3 is 2.84 bits per heavy atom. The molecule has 1 aromatic carbocycles. The zero-order chi connectivity index (χ0) is 17.6. The van der Waals surface area contributed by atoms with Crippen molar-refractivity contribution in [3.05, 3.63) is 30.1 Å². The molecule has 25 heavy (non-hydrogen) atoms. The summed E-state index contributed by atoms with van der Waals surface area (Å²) in [6.45, 7) is 1.84. The lowest BCUT2D eigenvalue weighted by Gasteiger charge is -2.27. The molecular formula is C17H22N4O3S. The fraction of sp³-hybridized carbons (Fsp3) is 0.471. The van der Waals surface area contributed by atoms with Gasteiger partial charge in [-0.15, -0.1) is 0 Å². The SMILES string of the molecule is CSCCC(NC(=O)C(=O)N1CCOCC1)c1nc2ccccc2[nH]1. The van der Waals surface area contributed by atoms with Crippen LogP contribution in [0.25, 0.3) is 11.0 Å². The lowest BCUT2D eigenvalue weighted by Crippen LogP contribution is -2.48. The summed E-state index contributed by atoms with van der Waals surface area (Å²) >= 11 is 1.69. The van der Waals surface area contributed by atoms with Crippen LogP contribution in [-0.2, 0) is 14.3 Å². The molecule has 0 radical (unpaired) electrons. The Balaban J connectivity index is 1.73. The predicted molar refractivity (Wildman–Crippen MR) is 97.4 cm³/mol. The third kappa shape index (κ3) is 4.32. The van der Waals surface area contributed by atoms with Crippen molar-refractivity contribution in [3.63, 3.8) is 0 Å². The van der Waals surface area contributed by atoms with Crippen molar-refractivity contribution in [2.24, 2.45) is 0 Å². The second kappa shape index (κ2) is 8.35.